The average Bonchev–Trinajstić information content (AvgIpc) is 2.63. The molecule has 0 saturated heterocycles. The predicted molar refractivity (Wildman–Crippen MR) is 111 cm³/mol. The number of hydrazone groups is 1. The molecule has 0 radical (unpaired) electrons. The van der Waals surface area contributed by atoms with Crippen molar-refractivity contribution < 1.29 is 9.72 Å². The van der Waals surface area contributed by atoms with Gasteiger partial charge in [0.1, 0.15) is 0 Å². The predicted octanol–water partition coefficient (Wildman–Crippen LogP) is 4.60. The smallest absolute Gasteiger partial charge is 0.332 e. The Morgan fingerprint density at radius 1 is 1.14 bits per heavy atom. The number of primary amides is 1. The lowest BCUT2D eigenvalue weighted by Gasteiger charge is -2.28. The first-order valence-corrected chi connectivity index (χ1v) is 9.14. The Balaban J connectivity index is 2.51. The summed E-state index contributed by atoms with van der Waals surface area (Å²) < 4.78 is 0. The molecule has 1 atom stereocenters. The van der Waals surface area contributed by atoms with Gasteiger partial charge in [-0.2, -0.15) is 5.10 Å². The summed E-state index contributed by atoms with van der Waals surface area (Å²) in [6.45, 7) is 3.10. The van der Waals surface area contributed by atoms with E-state index in [0.29, 0.717) is 21.3 Å². The highest BCUT2D eigenvalue weighted by molar-refractivity contribution is 6.30. The summed E-state index contributed by atoms with van der Waals surface area (Å²) in [6.07, 6.45) is 0.178. The highest BCUT2D eigenvalue weighted by Gasteiger charge is 2.42. The summed E-state index contributed by atoms with van der Waals surface area (Å²) in [4.78, 5) is 22.6. The van der Waals surface area contributed by atoms with Crippen LogP contribution in [-0.4, -0.2) is 22.2 Å². The third-order valence-corrected chi connectivity index (χ3v) is 4.98. The molecule has 0 bridgehead atoms. The Morgan fingerprint density at radius 3 is 2.11 bits per heavy atom. The van der Waals surface area contributed by atoms with Crippen molar-refractivity contribution in [3.05, 3.63) is 79.8 Å². The number of benzene rings is 2. The summed E-state index contributed by atoms with van der Waals surface area (Å²) in [6, 6.07) is 12.8. The third-order valence-electron chi connectivity index (χ3n) is 4.47. The van der Waals surface area contributed by atoms with E-state index in [9.17, 15) is 14.9 Å². The van der Waals surface area contributed by atoms with E-state index in [0.717, 1.165) is 5.56 Å². The summed E-state index contributed by atoms with van der Waals surface area (Å²) >= 11 is 11.9. The monoisotopic (exact) mass is 422 g/mol. The van der Waals surface area contributed by atoms with Crippen molar-refractivity contribution in [1.82, 2.24) is 5.43 Å². The van der Waals surface area contributed by atoms with Crippen LogP contribution in [0.15, 0.2) is 53.6 Å². The number of carbonyl (C=O) groups is 1. The van der Waals surface area contributed by atoms with Crippen molar-refractivity contribution in [3.8, 4) is 0 Å². The van der Waals surface area contributed by atoms with Gasteiger partial charge in [0.05, 0.1) is 11.6 Å². The Bertz CT molecular complexity index is 881. The zero-order valence-electron chi connectivity index (χ0n) is 15.4. The molecule has 28 heavy (non-hydrogen) atoms. The average molecular weight is 423 g/mol. The van der Waals surface area contributed by atoms with Gasteiger partial charge in [0, 0.05) is 35.2 Å². The normalized spacial score (nSPS) is 13.1. The van der Waals surface area contributed by atoms with Gasteiger partial charge in [-0.25, -0.2) is 10.2 Å². The third kappa shape index (κ3) is 5.43. The number of halogens is 2. The number of urea groups is 1. The molecule has 2 aromatic carbocycles. The van der Waals surface area contributed by atoms with E-state index < -0.39 is 17.5 Å². The van der Waals surface area contributed by atoms with Crippen LogP contribution in [0.25, 0.3) is 0 Å². The lowest BCUT2D eigenvalue weighted by Crippen LogP contribution is -2.39. The maximum Gasteiger partial charge on any atom is 0.332 e. The SMILES string of the molecule is CC(C)(C(C/C(=N/NC(N)=O)c1ccc(Cl)cc1)c1ccc(Cl)cc1)[N+](=O)[O-]. The molecular weight excluding hydrogens is 403 g/mol. The first kappa shape index (κ1) is 21.7. The number of nitrogens with zero attached hydrogens (tertiary/aromatic N) is 2. The summed E-state index contributed by atoms with van der Waals surface area (Å²) in [5, 5.41) is 16.9. The minimum absolute atomic E-state index is 0.178. The molecule has 0 fully saturated rings. The van der Waals surface area contributed by atoms with Crippen molar-refractivity contribution in [3.63, 3.8) is 0 Å². The van der Waals surface area contributed by atoms with Crippen LogP contribution in [0.4, 0.5) is 4.79 Å². The van der Waals surface area contributed by atoms with Gasteiger partial charge in [-0.3, -0.25) is 10.1 Å². The molecule has 0 heterocycles. The van der Waals surface area contributed by atoms with Crippen LogP contribution in [0.2, 0.25) is 10.0 Å². The van der Waals surface area contributed by atoms with E-state index in [4.69, 9.17) is 28.9 Å². The molecular formula is C19H20Cl2N4O3. The number of hydrogen-bond acceptors (Lipinski definition) is 4. The lowest BCUT2D eigenvalue weighted by atomic mass is 9.78. The molecule has 0 saturated carbocycles. The molecule has 0 aliphatic heterocycles. The minimum Gasteiger partial charge on any atom is -0.350 e. The molecule has 3 N–H and O–H groups in total. The van der Waals surface area contributed by atoms with E-state index in [-0.39, 0.29) is 11.3 Å². The number of nitro groups is 1. The highest BCUT2D eigenvalue weighted by Crippen LogP contribution is 2.35. The largest absolute Gasteiger partial charge is 0.350 e. The van der Waals surface area contributed by atoms with Gasteiger partial charge >= 0.3 is 6.03 Å². The zero-order chi connectivity index (χ0) is 20.9. The standard InChI is InChI=1S/C19H20Cl2N4O3/c1-19(2,25(27)28)16(12-3-7-14(20)8-4-12)11-17(23-24-18(22)26)13-5-9-15(21)10-6-13/h3-10,16H,11H2,1-2H3,(H3,22,24,26)/b23-17-. The Kier molecular flexibility index (Phi) is 6.99. The molecule has 7 nitrogen and oxygen atoms in total. The van der Waals surface area contributed by atoms with E-state index in [2.05, 4.69) is 10.5 Å². The van der Waals surface area contributed by atoms with Gasteiger partial charge in [0.25, 0.3) is 0 Å². The van der Waals surface area contributed by atoms with Gasteiger partial charge in [-0.05, 0) is 35.4 Å². The van der Waals surface area contributed by atoms with Crippen LogP contribution >= 0.6 is 23.2 Å². The van der Waals surface area contributed by atoms with Crippen molar-refractivity contribution in [2.75, 3.05) is 0 Å². The fourth-order valence-electron chi connectivity index (χ4n) is 2.78. The summed E-state index contributed by atoms with van der Waals surface area (Å²) in [5.74, 6) is -0.552. The Morgan fingerprint density at radius 2 is 1.64 bits per heavy atom. The quantitative estimate of drug-likeness (QED) is 0.386. The number of hydrogen-bond donors (Lipinski definition) is 2. The minimum atomic E-state index is -1.31. The second kappa shape index (κ2) is 9.03. The van der Waals surface area contributed by atoms with E-state index >= 15 is 0 Å². The number of nitrogens with one attached hydrogen (secondary N) is 1. The number of amides is 2. The van der Waals surface area contributed by atoms with Crippen molar-refractivity contribution >= 4 is 34.9 Å². The van der Waals surface area contributed by atoms with Crippen molar-refractivity contribution in [1.29, 1.82) is 0 Å². The molecule has 2 aromatic rings. The Labute approximate surface area is 172 Å². The molecule has 148 valence electrons. The fourth-order valence-corrected chi connectivity index (χ4v) is 3.04. The van der Waals surface area contributed by atoms with Crippen LogP contribution in [0.5, 0.6) is 0 Å². The first-order valence-electron chi connectivity index (χ1n) is 8.39. The van der Waals surface area contributed by atoms with Crippen LogP contribution in [-0.2, 0) is 0 Å². The molecule has 0 aliphatic carbocycles. The molecule has 2 amide bonds. The topological polar surface area (TPSA) is 111 Å². The number of nitrogens with two attached hydrogens (primary N) is 1. The second-order valence-electron chi connectivity index (χ2n) is 6.76. The molecule has 9 heteroatoms. The van der Waals surface area contributed by atoms with E-state index in [1.165, 1.54) is 0 Å². The van der Waals surface area contributed by atoms with Gasteiger partial charge < -0.3 is 5.73 Å². The van der Waals surface area contributed by atoms with Crippen LogP contribution in [0.3, 0.4) is 0 Å². The van der Waals surface area contributed by atoms with E-state index in [1.807, 2.05) is 0 Å². The fraction of sp³-hybridized carbons (Fsp3) is 0.263. The van der Waals surface area contributed by atoms with Crippen LogP contribution in [0, 0.1) is 10.1 Å². The summed E-state index contributed by atoms with van der Waals surface area (Å²) in [5.41, 5.74) is 7.86. The maximum absolute atomic E-state index is 11.8. The van der Waals surface area contributed by atoms with Crippen molar-refractivity contribution in [2.24, 2.45) is 10.8 Å². The molecule has 0 aliphatic rings. The first-order chi connectivity index (χ1) is 13.1. The van der Waals surface area contributed by atoms with Crippen molar-refractivity contribution in [2.45, 2.75) is 31.7 Å². The molecule has 2 rings (SSSR count). The van der Waals surface area contributed by atoms with Gasteiger partial charge in [0.2, 0.25) is 5.54 Å². The molecule has 0 spiro atoms. The highest BCUT2D eigenvalue weighted by atomic mass is 35.5. The molecule has 0 aromatic heterocycles. The lowest BCUT2D eigenvalue weighted by molar-refractivity contribution is -0.565. The summed E-state index contributed by atoms with van der Waals surface area (Å²) in [7, 11) is 0. The number of carbonyl (C=O) groups excluding carboxylic acids is 1. The van der Waals surface area contributed by atoms with Gasteiger partial charge in [-0.1, -0.05) is 47.5 Å². The number of rotatable bonds is 7. The van der Waals surface area contributed by atoms with Crippen LogP contribution < -0.4 is 11.2 Å². The maximum atomic E-state index is 11.8. The van der Waals surface area contributed by atoms with Crippen LogP contribution in [0.1, 0.15) is 37.3 Å². The van der Waals surface area contributed by atoms with Gasteiger partial charge in [0.15, 0.2) is 0 Å². The van der Waals surface area contributed by atoms with Gasteiger partial charge in [-0.15, -0.1) is 0 Å². The Hall–Kier alpha value is -2.64. The van der Waals surface area contributed by atoms with E-state index in [1.54, 1.807) is 62.4 Å². The zero-order valence-corrected chi connectivity index (χ0v) is 16.9. The molecule has 1 unspecified atom stereocenters. The second-order valence-corrected chi connectivity index (χ2v) is 7.63.